The maximum atomic E-state index is 12.5. The molecule has 0 aliphatic carbocycles. The second-order valence-electron chi connectivity index (χ2n) is 5.52. The molecule has 0 bridgehead atoms. The average molecular weight is 366 g/mol. The molecule has 2 aromatic rings. The summed E-state index contributed by atoms with van der Waals surface area (Å²) in [5, 5.41) is 13.4. The van der Waals surface area contributed by atoms with Crippen LogP contribution in [-0.4, -0.2) is 28.6 Å². The van der Waals surface area contributed by atoms with Gasteiger partial charge in [-0.3, -0.25) is 4.79 Å². The summed E-state index contributed by atoms with van der Waals surface area (Å²) < 4.78 is 5.58. The Kier molecular flexibility index (Phi) is 4.98. The fraction of sp³-hybridized carbons (Fsp3) is 0.438. The van der Waals surface area contributed by atoms with Crippen molar-refractivity contribution in [1.82, 2.24) is 4.98 Å². The highest BCUT2D eigenvalue weighted by molar-refractivity contribution is 7.17. The predicted molar refractivity (Wildman–Crippen MR) is 93.4 cm³/mol. The Morgan fingerprint density at radius 2 is 2.25 bits per heavy atom. The molecular formula is C16H18N2O4S2. The summed E-state index contributed by atoms with van der Waals surface area (Å²) in [6, 6.07) is 0. The van der Waals surface area contributed by atoms with Gasteiger partial charge in [0.1, 0.15) is 21.0 Å². The number of nitrogens with zero attached hydrogens (tertiary/aromatic N) is 1. The number of hydrogen-bond donors (Lipinski definition) is 2. The van der Waals surface area contributed by atoms with Crippen molar-refractivity contribution in [2.45, 2.75) is 39.2 Å². The zero-order valence-electron chi connectivity index (χ0n) is 13.4. The summed E-state index contributed by atoms with van der Waals surface area (Å²) in [4.78, 5) is 29.6. The van der Waals surface area contributed by atoms with E-state index in [1.54, 1.807) is 0 Å². The summed E-state index contributed by atoms with van der Waals surface area (Å²) >= 11 is 2.59. The quantitative estimate of drug-likeness (QED) is 0.838. The number of thiophene rings is 1. The largest absolute Gasteiger partial charge is 0.478 e. The minimum atomic E-state index is -1.02. The van der Waals surface area contributed by atoms with Gasteiger partial charge in [0.15, 0.2) is 0 Å². The summed E-state index contributed by atoms with van der Waals surface area (Å²) in [5.41, 5.74) is 0.962. The van der Waals surface area contributed by atoms with Gasteiger partial charge in [-0.25, -0.2) is 9.78 Å². The number of carboxylic acid groups (broad SMARTS) is 1. The van der Waals surface area contributed by atoms with Crippen LogP contribution < -0.4 is 5.32 Å². The van der Waals surface area contributed by atoms with Gasteiger partial charge in [-0.15, -0.1) is 22.7 Å². The van der Waals surface area contributed by atoms with E-state index in [1.807, 2.05) is 13.8 Å². The van der Waals surface area contributed by atoms with Crippen molar-refractivity contribution in [2.24, 2.45) is 0 Å². The lowest BCUT2D eigenvalue weighted by Gasteiger charge is -2.04. The number of aromatic carboxylic acids is 1. The Labute approximate surface area is 147 Å². The van der Waals surface area contributed by atoms with Gasteiger partial charge in [0.05, 0.1) is 11.8 Å². The molecule has 1 unspecified atom stereocenters. The molecule has 6 nitrogen and oxygen atoms in total. The monoisotopic (exact) mass is 366 g/mol. The molecule has 1 aliphatic heterocycles. The van der Waals surface area contributed by atoms with Crippen LogP contribution in [0.1, 0.15) is 61.3 Å². The molecule has 8 heteroatoms. The second kappa shape index (κ2) is 7.00. The average Bonchev–Trinajstić information content (AvgIpc) is 3.25. The number of hydrogen-bond acceptors (Lipinski definition) is 6. The smallest absolute Gasteiger partial charge is 0.339 e. The van der Waals surface area contributed by atoms with E-state index in [9.17, 15) is 14.7 Å². The predicted octanol–water partition coefficient (Wildman–Crippen LogP) is 3.88. The summed E-state index contributed by atoms with van der Waals surface area (Å²) in [6.45, 7) is 4.50. The van der Waals surface area contributed by atoms with Crippen molar-refractivity contribution in [2.75, 3.05) is 11.9 Å². The highest BCUT2D eigenvalue weighted by Gasteiger charge is 2.25. The third-order valence-electron chi connectivity index (χ3n) is 3.96. The molecule has 1 fully saturated rings. The zero-order valence-corrected chi connectivity index (χ0v) is 15.1. The Bertz CT molecular complexity index is 775. The van der Waals surface area contributed by atoms with Crippen LogP contribution >= 0.6 is 22.7 Å². The maximum absolute atomic E-state index is 12.5. The summed E-state index contributed by atoms with van der Waals surface area (Å²) in [7, 11) is 0. The van der Waals surface area contributed by atoms with Crippen molar-refractivity contribution < 1.29 is 19.4 Å². The molecule has 1 amide bonds. The number of amides is 1. The van der Waals surface area contributed by atoms with E-state index in [-0.39, 0.29) is 17.6 Å². The first-order valence-electron chi connectivity index (χ1n) is 7.75. The van der Waals surface area contributed by atoms with Gasteiger partial charge in [-0.05, 0) is 31.7 Å². The molecule has 0 aromatic carbocycles. The van der Waals surface area contributed by atoms with Crippen molar-refractivity contribution in [3.05, 3.63) is 32.1 Å². The van der Waals surface area contributed by atoms with Gasteiger partial charge in [-0.2, -0.15) is 0 Å². The highest BCUT2D eigenvalue weighted by Crippen LogP contribution is 2.35. The first kappa shape index (κ1) is 17.1. The van der Waals surface area contributed by atoms with Gasteiger partial charge in [-0.1, -0.05) is 6.92 Å². The number of carbonyl (C=O) groups excluding carboxylic acids is 1. The molecule has 24 heavy (non-hydrogen) atoms. The molecule has 2 aromatic heterocycles. The summed E-state index contributed by atoms with van der Waals surface area (Å²) in [6.07, 6.45) is 4.04. The Morgan fingerprint density at radius 1 is 1.46 bits per heavy atom. The van der Waals surface area contributed by atoms with E-state index in [1.165, 1.54) is 28.9 Å². The fourth-order valence-electron chi connectivity index (χ4n) is 2.80. The number of ether oxygens (including phenoxy) is 1. The van der Waals surface area contributed by atoms with E-state index in [2.05, 4.69) is 10.3 Å². The molecule has 0 radical (unpaired) electrons. The van der Waals surface area contributed by atoms with E-state index in [0.717, 1.165) is 34.9 Å². The molecule has 128 valence electrons. The molecule has 0 spiro atoms. The Hall–Kier alpha value is -1.77. The van der Waals surface area contributed by atoms with Crippen molar-refractivity contribution >= 4 is 39.6 Å². The molecule has 1 atom stereocenters. The van der Waals surface area contributed by atoms with Gasteiger partial charge in [0.2, 0.25) is 0 Å². The minimum Gasteiger partial charge on any atom is -0.478 e. The number of rotatable bonds is 5. The van der Waals surface area contributed by atoms with Crippen LogP contribution in [0.15, 0.2) is 6.20 Å². The number of thiazole rings is 1. The molecule has 1 saturated heterocycles. The van der Waals surface area contributed by atoms with Crippen LogP contribution in [0, 0.1) is 6.92 Å². The maximum Gasteiger partial charge on any atom is 0.339 e. The van der Waals surface area contributed by atoms with Crippen LogP contribution in [-0.2, 0) is 11.2 Å². The fourth-order valence-corrected chi connectivity index (χ4v) is 4.83. The normalized spacial score (nSPS) is 17.2. The van der Waals surface area contributed by atoms with Gasteiger partial charge < -0.3 is 15.2 Å². The van der Waals surface area contributed by atoms with Crippen LogP contribution in [0.3, 0.4) is 0 Å². The van der Waals surface area contributed by atoms with Crippen LogP contribution in [0.25, 0.3) is 0 Å². The third kappa shape index (κ3) is 3.22. The number of carbonyl (C=O) groups is 2. The lowest BCUT2D eigenvalue weighted by Crippen LogP contribution is -2.12. The number of anilines is 1. The topological polar surface area (TPSA) is 88.5 Å². The van der Waals surface area contributed by atoms with Gasteiger partial charge >= 0.3 is 5.97 Å². The Morgan fingerprint density at radius 3 is 2.88 bits per heavy atom. The standard InChI is InChI=1S/C16H18N2O4S2/c1-3-9-8(2)23-15(12(9)16(20)21)18-13(19)11-7-17-14(24-11)10-5-4-6-22-10/h7,10H,3-6H2,1-2H3,(H,18,19)(H,20,21). The van der Waals surface area contributed by atoms with Crippen molar-refractivity contribution in [1.29, 1.82) is 0 Å². The molecule has 3 heterocycles. The lowest BCUT2D eigenvalue weighted by molar-refractivity contribution is 0.0697. The van der Waals surface area contributed by atoms with Gasteiger partial charge in [0, 0.05) is 11.5 Å². The highest BCUT2D eigenvalue weighted by atomic mass is 32.1. The molecule has 2 N–H and O–H groups in total. The van der Waals surface area contributed by atoms with Crippen LogP contribution in [0.2, 0.25) is 0 Å². The Balaban J connectivity index is 1.81. The van der Waals surface area contributed by atoms with E-state index in [4.69, 9.17) is 4.74 Å². The van der Waals surface area contributed by atoms with E-state index in [0.29, 0.717) is 16.3 Å². The van der Waals surface area contributed by atoms with Crippen molar-refractivity contribution in [3.63, 3.8) is 0 Å². The first-order valence-corrected chi connectivity index (χ1v) is 9.38. The molecular weight excluding hydrogens is 348 g/mol. The number of nitrogens with one attached hydrogen (secondary N) is 1. The number of aryl methyl sites for hydroxylation is 1. The zero-order chi connectivity index (χ0) is 17.3. The first-order chi connectivity index (χ1) is 11.5. The van der Waals surface area contributed by atoms with Crippen LogP contribution in [0.4, 0.5) is 5.00 Å². The van der Waals surface area contributed by atoms with Gasteiger partial charge in [0.25, 0.3) is 5.91 Å². The number of aromatic nitrogens is 1. The van der Waals surface area contributed by atoms with E-state index < -0.39 is 5.97 Å². The van der Waals surface area contributed by atoms with Crippen molar-refractivity contribution in [3.8, 4) is 0 Å². The van der Waals surface area contributed by atoms with E-state index >= 15 is 0 Å². The third-order valence-corrected chi connectivity index (χ3v) is 6.11. The molecule has 3 rings (SSSR count). The van der Waals surface area contributed by atoms with Crippen LogP contribution in [0.5, 0.6) is 0 Å². The summed E-state index contributed by atoms with van der Waals surface area (Å²) in [5.74, 6) is -1.35. The second-order valence-corrected chi connectivity index (χ2v) is 7.81. The number of carboxylic acids is 1. The lowest BCUT2D eigenvalue weighted by atomic mass is 10.1. The minimum absolute atomic E-state index is 0.0261. The molecule has 1 aliphatic rings. The molecule has 0 saturated carbocycles. The SMILES string of the molecule is CCc1c(C)sc(NC(=O)c2cnc(C3CCCO3)s2)c1C(=O)O.